The molecule has 2 saturated carbocycles. The molecule has 2 aliphatic carbocycles. The van der Waals surface area contributed by atoms with E-state index in [0.717, 1.165) is 24.1 Å². The molecule has 0 saturated heterocycles. The van der Waals surface area contributed by atoms with Crippen LogP contribution in [0.5, 0.6) is 0 Å². The number of hydrogen-bond acceptors (Lipinski definition) is 1. The van der Waals surface area contributed by atoms with E-state index in [4.69, 9.17) is 0 Å². The van der Waals surface area contributed by atoms with E-state index in [1.807, 2.05) is 0 Å². The Kier molecular flexibility index (Phi) is 2.53. The number of allylic oxidation sites excluding steroid dienone is 1. The lowest BCUT2D eigenvalue weighted by molar-refractivity contribution is -0.118. The van der Waals surface area contributed by atoms with Crippen LogP contribution in [-0.4, -0.2) is 11.6 Å². The molecule has 0 aromatic rings. The first-order chi connectivity index (χ1) is 6.66. The van der Waals surface area contributed by atoms with Gasteiger partial charge in [0.2, 0.25) is 5.91 Å². The summed E-state index contributed by atoms with van der Waals surface area (Å²) >= 11 is 0. The highest BCUT2D eigenvalue weighted by atomic mass is 16.1. The number of carbonyl (C=O) groups is 1. The summed E-state index contributed by atoms with van der Waals surface area (Å²) in [5.74, 6) is 1.22. The molecule has 2 nitrogen and oxygen atoms in total. The van der Waals surface area contributed by atoms with E-state index in [0.29, 0.717) is 18.3 Å². The molecule has 2 fully saturated rings. The Balaban J connectivity index is 1.95. The van der Waals surface area contributed by atoms with Gasteiger partial charge in [-0.2, -0.15) is 0 Å². The fraction of sp³-hybridized carbons (Fsp3) is 0.667. The third kappa shape index (κ3) is 2.11. The van der Waals surface area contributed by atoms with Gasteiger partial charge in [-0.1, -0.05) is 13.5 Å². The highest BCUT2D eigenvalue weighted by Gasteiger charge is 2.26. The Morgan fingerprint density at radius 2 is 2.21 bits per heavy atom. The summed E-state index contributed by atoms with van der Waals surface area (Å²) in [7, 11) is 0. The van der Waals surface area contributed by atoms with Crippen molar-refractivity contribution in [3.8, 4) is 0 Å². The van der Waals surface area contributed by atoms with Crippen LogP contribution in [0, 0.1) is 11.8 Å². The molecule has 0 bridgehead atoms. The van der Waals surface area contributed by atoms with Crippen LogP contribution in [0.15, 0.2) is 17.1 Å². The van der Waals surface area contributed by atoms with Crippen molar-refractivity contribution < 1.29 is 4.79 Å². The fourth-order valence-corrected chi connectivity index (χ4v) is 1.87. The Morgan fingerprint density at radius 3 is 2.71 bits per heavy atom. The first-order valence-corrected chi connectivity index (χ1v) is 5.46. The zero-order chi connectivity index (χ0) is 10.1. The molecule has 2 rings (SSSR count). The van der Waals surface area contributed by atoms with E-state index in [1.165, 1.54) is 12.8 Å². The van der Waals surface area contributed by atoms with Crippen LogP contribution in [0.4, 0.5) is 0 Å². The maximum Gasteiger partial charge on any atom is 0.246 e. The highest BCUT2D eigenvalue weighted by Crippen LogP contribution is 2.33. The average molecular weight is 191 g/mol. The van der Waals surface area contributed by atoms with Crippen molar-refractivity contribution in [2.24, 2.45) is 16.8 Å². The molecule has 1 unspecified atom stereocenters. The molecule has 0 spiro atoms. The van der Waals surface area contributed by atoms with Crippen LogP contribution in [0.2, 0.25) is 0 Å². The number of rotatable bonds is 2. The predicted octanol–water partition coefficient (Wildman–Crippen LogP) is 2.74. The quantitative estimate of drug-likeness (QED) is 0.660. The summed E-state index contributed by atoms with van der Waals surface area (Å²) in [6, 6.07) is 0. The highest BCUT2D eigenvalue weighted by molar-refractivity contribution is 6.07. The van der Waals surface area contributed by atoms with Gasteiger partial charge in [-0.05, 0) is 43.1 Å². The summed E-state index contributed by atoms with van der Waals surface area (Å²) in [5.41, 5.74) is 2.04. The lowest BCUT2D eigenvalue weighted by Gasteiger charge is -2.01. The largest absolute Gasteiger partial charge is 0.273 e. The van der Waals surface area contributed by atoms with Crippen molar-refractivity contribution in [2.75, 3.05) is 0 Å². The molecule has 1 amide bonds. The maximum absolute atomic E-state index is 11.5. The van der Waals surface area contributed by atoms with Gasteiger partial charge in [0.15, 0.2) is 0 Å². The van der Waals surface area contributed by atoms with Gasteiger partial charge in [0, 0.05) is 12.1 Å². The normalized spacial score (nSPS) is 29.9. The van der Waals surface area contributed by atoms with Crippen molar-refractivity contribution >= 4 is 11.6 Å². The van der Waals surface area contributed by atoms with Crippen molar-refractivity contribution in [3.63, 3.8) is 0 Å². The van der Waals surface area contributed by atoms with Gasteiger partial charge in [0.25, 0.3) is 0 Å². The molecule has 0 aromatic carbocycles. The maximum atomic E-state index is 11.5. The average Bonchev–Trinajstić information content (AvgIpc) is 2.89. The summed E-state index contributed by atoms with van der Waals surface area (Å²) in [4.78, 5) is 15.6. The Bertz CT molecular complexity index is 299. The summed E-state index contributed by atoms with van der Waals surface area (Å²) < 4.78 is 0. The molecule has 14 heavy (non-hydrogen) atoms. The van der Waals surface area contributed by atoms with Crippen LogP contribution in [0.25, 0.3) is 0 Å². The summed E-state index contributed by atoms with van der Waals surface area (Å²) in [5, 5.41) is 0. The predicted molar refractivity (Wildman–Crippen MR) is 57.3 cm³/mol. The van der Waals surface area contributed by atoms with Crippen molar-refractivity contribution in [1.82, 2.24) is 0 Å². The second kappa shape index (κ2) is 3.68. The Hall–Kier alpha value is -0.920. The van der Waals surface area contributed by atoms with Gasteiger partial charge in [-0.15, -0.1) is 0 Å². The first-order valence-electron chi connectivity index (χ1n) is 5.46. The molecule has 2 aliphatic rings. The second-order valence-electron chi connectivity index (χ2n) is 4.56. The van der Waals surface area contributed by atoms with Crippen LogP contribution < -0.4 is 0 Å². The topological polar surface area (TPSA) is 29.4 Å². The third-order valence-corrected chi connectivity index (χ3v) is 3.20. The minimum absolute atomic E-state index is 0.0674. The zero-order valence-electron chi connectivity index (χ0n) is 8.75. The Morgan fingerprint density at radius 1 is 1.50 bits per heavy atom. The van der Waals surface area contributed by atoms with Crippen LogP contribution in [0.1, 0.15) is 39.0 Å². The number of amides is 1. The standard InChI is InChI=1S/C12H17NO/c1-8-3-6-11(9(8)2)13-12(14)7-10-4-5-10/h8,10H,2-7H2,1H3. The minimum Gasteiger partial charge on any atom is -0.273 e. The van der Waals surface area contributed by atoms with Crippen molar-refractivity contribution in [3.05, 3.63) is 12.2 Å². The fourth-order valence-electron chi connectivity index (χ4n) is 1.87. The lowest BCUT2D eigenvalue weighted by atomic mass is 10.1. The number of aliphatic imine (C=N–C) groups is 1. The van der Waals surface area contributed by atoms with Gasteiger partial charge < -0.3 is 0 Å². The van der Waals surface area contributed by atoms with E-state index in [1.54, 1.807) is 0 Å². The lowest BCUT2D eigenvalue weighted by Crippen LogP contribution is -2.03. The Labute approximate surface area is 85.1 Å². The molecule has 0 aliphatic heterocycles. The molecule has 0 aromatic heterocycles. The van der Waals surface area contributed by atoms with Gasteiger partial charge in [0.05, 0.1) is 0 Å². The number of hydrogen-bond donors (Lipinski definition) is 0. The van der Waals surface area contributed by atoms with Gasteiger partial charge >= 0.3 is 0 Å². The van der Waals surface area contributed by atoms with E-state index >= 15 is 0 Å². The molecular weight excluding hydrogens is 174 g/mol. The van der Waals surface area contributed by atoms with E-state index in [-0.39, 0.29) is 5.91 Å². The van der Waals surface area contributed by atoms with Crippen molar-refractivity contribution in [1.29, 1.82) is 0 Å². The molecule has 2 heteroatoms. The van der Waals surface area contributed by atoms with Crippen LogP contribution in [-0.2, 0) is 4.79 Å². The summed E-state index contributed by atoms with van der Waals surface area (Å²) in [6.45, 7) is 6.13. The van der Waals surface area contributed by atoms with Gasteiger partial charge in [-0.3, -0.25) is 4.79 Å². The number of nitrogens with zero attached hydrogens (tertiary/aromatic N) is 1. The van der Waals surface area contributed by atoms with Crippen LogP contribution >= 0.6 is 0 Å². The summed E-state index contributed by atoms with van der Waals surface area (Å²) in [6.07, 6.45) is 5.14. The molecule has 0 heterocycles. The van der Waals surface area contributed by atoms with E-state index < -0.39 is 0 Å². The van der Waals surface area contributed by atoms with Gasteiger partial charge in [0.1, 0.15) is 0 Å². The SMILES string of the molecule is C=C1C(=NC(=O)CC2CC2)CCC1C. The minimum atomic E-state index is 0.0674. The molecule has 0 N–H and O–H groups in total. The molecule has 76 valence electrons. The first kappa shape index (κ1) is 9.63. The number of carbonyl (C=O) groups excluding carboxylic acids is 1. The molecule has 1 atom stereocenters. The second-order valence-corrected chi connectivity index (χ2v) is 4.56. The zero-order valence-corrected chi connectivity index (χ0v) is 8.75. The van der Waals surface area contributed by atoms with E-state index in [2.05, 4.69) is 18.5 Å². The van der Waals surface area contributed by atoms with E-state index in [9.17, 15) is 4.79 Å². The monoisotopic (exact) mass is 191 g/mol. The smallest absolute Gasteiger partial charge is 0.246 e. The molecule has 0 radical (unpaired) electrons. The van der Waals surface area contributed by atoms with Crippen LogP contribution in [0.3, 0.4) is 0 Å². The van der Waals surface area contributed by atoms with Crippen molar-refractivity contribution in [2.45, 2.75) is 39.0 Å². The third-order valence-electron chi connectivity index (χ3n) is 3.20. The molecular formula is C12H17NO. The van der Waals surface area contributed by atoms with Gasteiger partial charge in [-0.25, -0.2) is 4.99 Å².